The summed E-state index contributed by atoms with van der Waals surface area (Å²) >= 11 is 0. The fourth-order valence-corrected chi connectivity index (χ4v) is 1.76. The molecule has 0 radical (unpaired) electrons. The number of para-hydroxylation sites is 1. The van der Waals surface area contributed by atoms with Crippen molar-refractivity contribution in [3.8, 4) is 11.6 Å². The summed E-state index contributed by atoms with van der Waals surface area (Å²) in [7, 11) is 0. The third-order valence-corrected chi connectivity index (χ3v) is 2.70. The number of nitrogen functional groups attached to an aromatic ring is 1. The van der Waals surface area contributed by atoms with E-state index in [2.05, 4.69) is 15.3 Å². The van der Waals surface area contributed by atoms with Crippen LogP contribution in [-0.2, 0) is 0 Å². The molecule has 3 N–H and O–H groups in total. The molecule has 0 bridgehead atoms. The molecule has 3 aromatic rings. The van der Waals surface area contributed by atoms with E-state index in [0.717, 1.165) is 10.1 Å². The number of benzene rings is 1. The normalized spacial score (nSPS) is 10.8. The number of H-pyrrole nitrogens is 1. The lowest BCUT2D eigenvalue weighted by Crippen LogP contribution is -2.12. The van der Waals surface area contributed by atoms with Gasteiger partial charge in [-0.1, -0.05) is 12.1 Å². The molecule has 0 aliphatic rings. The van der Waals surface area contributed by atoms with E-state index in [4.69, 9.17) is 10.5 Å². The van der Waals surface area contributed by atoms with Crippen LogP contribution in [0.25, 0.3) is 5.65 Å². The smallest absolute Gasteiger partial charge is 0.364 e. The van der Waals surface area contributed by atoms with Crippen LogP contribution in [0.15, 0.2) is 35.1 Å². The molecular weight excluding hydrogens is 246 g/mol. The Morgan fingerprint density at radius 2 is 2.16 bits per heavy atom. The number of hydrogen-bond donors (Lipinski definition) is 2. The molecule has 2 heterocycles. The molecule has 0 saturated carbocycles. The molecular formula is C12H11N5O2. The van der Waals surface area contributed by atoms with E-state index in [0.29, 0.717) is 17.1 Å². The van der Waals surface area contributed by atoms with E-state index in [1.807, 2.05) is 19.1 Å². The Morgan fingerprint density at radius 3 is 2.95 bits per heavy atom. The molecule has 96 valence electrons. The highest BCUT2D eigenvalue weighted by Crippen LogP contribution is 2.29. The van der Waals surface area contributed by atoms with Crippen LogP contribution in [0.1, 0.15) is 5.56 Å². The molecule has 3 rings (SSSR count). The van der Waals surface area contributed by atoms with E-state index in [-0.39, 0.29) is 5.88 Å². The second kappa shape index (κ2) is 4.13. The second-order valence-corrected chi connectivity index (χ2v) is 4.07. The van der Waals surface area contributed by atoms with Gasteiger partial charge in [-0.3, -0.25) is 0 Å². The van der Waals surface area contributed by atoms with Crippen LogP contribution >= 0.6 is 0 Å². The van der Waals surface area contributed by atoms with Crippen LogP contribution in [0.2, 0.25) is 0 Å². The third-order valence-electron chi connectivity index (χ3n) is 2.70. The number of nitrogens with zero attached hydrogens (tertiary/aromatic N) is 3. The lowest BCUT2D eigenvalue weighted by Gasteiger charge is -2.09. The fraction of sp³-hybridized carbons (Fsp3) is 0.0833. The molecule has 0 spiro atoms. The third kappa shape index (κ3) is 1.90. The molecule has 0 fully saturated rings. The van der Waals surface area contributed by atoms with Crippen LogP contribution in [-0.4, -0.2) is 19.8 Å². The number of rotatable bonds is 2. The Labute approximate surface area is 107 Å². The average molecular weight is 257 g/mol. The number of aromatic amines is 1. The Bertz CT molecular complexity index is 785. The topological polar surface area (TPSA) is 98.3 Å². The van der Waals surface area contributed by atoms with Crippen molar-refractivity contribution in [2.24, 2.45) is 0 Å². The largest absolute Gasteiger partial charge is 0.435 e. The minimum absolute atomic E-state index is 0.275. The fourth-order valence-electron chi connectivity index (χ4n) is 1.76. The van der Waals surface area contributed by atoms with Gasteiger partial charge in [0.15, 0.2) is 11.4 Å². The number of ether oxygens (including phenoxy) is 1. The first-order valence-corrected chi connectivity index (χ1v) is 5.62. The van der Waals surface area contributed by atoms with E-state index in [1.54, 1.807) is 18.2 Å². The van der Waals surface area contributed by atoms with Gasteiger partial charge >= 0.3 is 5.69 Å². The molecule has 0 unspecified atom stereocenters. The maximum Gasteiger partial charge on any atom is 0.364 e. The molecule has 7 nitrogen and oxygen atoms in total. The van der Waals surface area contributed by atoms with Crippen LogP contribution in [0.4, 0.5) is 5.69 Å². The van der Waals surface area contributed by atoms with Gasteiger partial charge < -0.3 is 10.5 Å². The van der Waals surface area contributed by atoms with Gasteiger partial charge in [0.1, 0.15) is 0 Å². The minimum Gasteiger partial charge on any atom is -0.435 e. The molecule has 0 aliphatic carbocycles. The molecule has 1 aromatic carbocycles. The Kier molecular flexibility index (Phi) is 2.45. The summed E-state index contributed by atoms with van der Waals surface area (Å²) in [5.41, 5.74) is 7.27. The quantitative estimate of drug-likeness (QED) is 0.670. The zero-order valence-electron chi connectivity index (χ0n) is 10.1. The molecule has 0 atom stereocenters. The van der Waals surface area contributed by atoms with Crippen LogP contribution in [0, 0.1) is 6.92 Å². The molecule has 0 saturated heterocycles. The number of aryl methyl sites for hydroxylation is 1. The first-order valence-electron chi connectivity index (χ1n) is 5.62. The van der Waals surface area contributed by atoms with Crippen molar-refractivity contribution in [3.05, 3.63) is 46.4 Å². The van der Waals surface area contributed by atoms with Gasteiger partial charge in [-0.25, -0.2) is 9.89 Å². The number of nitrogens with two attached hydrogens (primary N) is 1. The van der Waals surface area contributed by atoms with Gasteiger partial charge in [0.25, 0.3) is 0 Å². The average Bonchev–Trinajstić information content (AvgIpc) is 2.76. The van der Waals surface area contributed by atoms with Crippen LogP contribution in [0.3, 0.4) is 0 Å². The Balaban J connectivity index is 2.06. The van der Waals surface area contributed by atoms with E-state index < -0.39 is 5.69 Å². The van der Waals surface area contributed by atoms with Crippen molar-refractivity contribution in [1.29, 1.82) is 0 Å². The van der Waals surface area contributed by atoms with Crippen molar-refractivity contribution in [2.75, 3.05) is 5.73 Å². The highest BCUT2D eigenvalue weighted by Gasteiger charge is 2.08. The Hall–Kier alpha value is -2.83. The number of fused-ring (bicyclic) bond motifs is 1. The highest BCUT2D eigenvalue weighted by atomic mass is 16.5. The Morgan fingerprint density at radius 1 is 1.32 bits per heavy atom. The first-order chi connectivity index (χ1) is 9.15. The number of nitrogens with one attached hydrogen (secondary N) is 1. The predicted molar refractivity (Wildman–Crippen MR) is 69.3 cm³/mol. The lowest BCUT2D eigenvalue weighted by molar-refractivity contribution is 0.450. The van der Waals surface area contributed by atoms with Gasteiger partial charge in [0, 0.05) is 6.07 Å². The van der Waals surface area contributed by atoms with E-state index in [9.17, 15) is 4.79 Å². The van der Waals surface area contributed by atoms with Crippen LogP contribution < -0.4 is 16.2 Å². The van der Waals surface area contributed by atoms with Gasteiger partial charge in [-0.15, -0.1) is 5.10 Å². The van der Waals surface area contributed by atoms with Crippen molar-refractivity contribution in [2.45, 2.75) is 6.92 Å². The second-order valence-electron chi connectivity index (χ2n) is 4.07. The zero-order valence-corrected chi connectivity index (χ0v) is 10.1. The summed E-state index contributed by atoms with van der Waals surface area (Å²) in [6, 6.07) is 8.73. The summed E-state index contributed by atoms with van der Waals surface area (Å²) in [4.78, 5) is 11.4. The monoisotopic (exact) mass is 257 g/mol. The number of anilines is 1. The maximum absolute atomic E-state index is 11.4. The minimum atomic E-state index is -0.418. The zero-order chi connectivity index (χ0) is 13.4. The first kappa shape index (κ1) is 11.3. The van der Waals surface area contributed by atoms with Gasteiger partial charge in [-0.2, -0.15) is 9.61 Å². The standard InChI is InChI=1S/C12H11N5O2/c1-7-3-2-4-8(13)11(7)19-10-6-5-9-14-15-12(18)17(9)16-10/h2-6H,13H2,1H3,(H,15,18). The van der Waals surface area contributed by atoms with Gasteiger partial charge in [0.2, 0.25) is 5.88 Å². The molecule has 19 heavy (non-hydrogen) atoms. The molecule has 2 aromatic heterocycles. The summed E-state index contributed by atoms with van der Waals surface area (Å²) < 4.78 is 6.76. The van der Waals surface area contributed by atoms with Crippen molar-refractivity contribution < 1.29 is 4.74 Å². The molecule has 7 heteroatoms. The van der Waals surface area contributed by atoms with Crippen molar-refractivity contribution >= 4 is 11.3 Å². The highest BCUT2D eigenvalue weighted by molar-refractivity contribution is 5.57. The summed E-state index contributed by atoms with van der Waals surface area (Å²) in [6.07, 6.45) is 0. The van der Waals surface area contributed by atoms with E-state index in [1.165, 1.54) is 0 Å². The predicted octanol–water partition coefficient (Wildman–Crippen LogP) is 1.10. The number of aromatic nitrogens is 4. The number of hydrogen-bond acceptors (Lipinski definition) is 5. The SMILES string of the molecule is Cc1cccc(N)c1Oc1ccc2n[nH]c(=O)n2n1. The summed E-state index contributed by atoms with van der Waals surface area (Å²) in [6.45, 7) is 1.88. The molecule has 0 amide bonds. The maximum atomic E-state index is 11.4. The lowest BCUT2D eigenvalue weighted by atomic mass is 10.2. The van der Waals surface area contributed by atoms with Crippen LogP contribution in [0.5, 0.6) is 11.6 Å². The van der Waals surface area contributed by atoms with Crippen molar-refractivity contribution in [1.82, 2.24) is 19.8 Å². The summed E-state index contributed by atoms with van der Waals surface area (Å²) in [5.74, 6) is 0.808. The summed E-state index contributed by atoms with van der Waals surface area (Å²) in [5, 5.41) is 10.1. The molecule has 0 aliphatic heterocycles. The van der Waals surface area contributed by atoms with Crippen molar-refractivity contribution in [3.63, 3.8) is 0 Å². The van der Waals surface area contributed by atoms with Gasteiger partial charge in [0.05, 0.1) is 5.69 Å². The van der Waals surface area contributed by atoms with E-state index >= 15 is 0 Å². The van der Waals surface area contributed by atoms with Gasteiger partial charge in [-0.05, 0) is 24.6 Å².